The number of carbonyl (C=O) groups excluding carboxylic acids is 1. The van der Waals surface area contributed by atoms with Crippen LogP contribution in [-0.2, 0) is 18.7 Å². The van der Waals surface area contributed by atoms with Gasteiger partial charge < -0.3 is 19.0 Å². The van der Waals surface area contributed by atoms with Crippen LogP contribution in [0.5, 0.6) is 0 Å². The van der Waals surface area contributed by atoms with Crippen molar-refractivity contribution >= 4 is 36.4 Å². The van der Waals surface area contributed by atoms with E-state index in [0.717, 1.165) is 5.75 Å². The van der Waals surface area contributed by atoms with Crippen molar-refractivity contribution in [3.63, 3.8) is 0 Å². The van der Waals surface area contributed by atoms with Crippen LogP contribution in [0, 0.1) is 5.92 Å². The number of ether oxygens (including phenoxy) is 2. The molecule has 2 aromatic carbocycles. The quantitative estimate of drug-likeness (QED) is 0.435. The maximum absolute atomic E-state index is 11.7. The van der Waals surface area contributed by atoms with Crippen molar-refractivity contribution < 1.29 is 23.8 Å². The monoisotopic (exact) mass is 502 g/mol. The largest absolute Gasteiger partial charge is 0.458 e. The van der Waals surface area contributed by atoms with Gasteiger partial charge in [-0.1, -0.05) is 95.3 Å². The lowest BCUT2D eigenvalue weighted by Crippen LogP contribution is -2.68. The third kappa shape index (κ3) is 5.60. The molecule has 1 fully saturated rings. The van der Waals surface area contributed by atoms with Gasteiger partial charge in [0.2, 0.25) is 0 Å². The van der Waals surface area contributed by atoms with E-state index in [9.17, 15) is 9.90 Å². The summed E-state index contributed by atoms with van der Waals surface area (Å²) in [5.74, 6) is 0.180. The fourth-order valence-electron chi connectivity index (χ4n) is 4.87. The molecule has 1 heterocycles. The van der Waals surface area contributed by atoms with E-state index in [0.29, 0.717) is 0 Å². The third-order valence-electron chi connectivity index (χ3n) is 6.53. The summed E-state index contributed by atoms with van der Waals surface area (Å²) in [7, 11) is -2.75. The van der Waals surface area contributed by atoms with Crippen LogP contribution >= 0.6 is 11.8 Å². The average Bonchev–Trinajstić information content (AvgIpc) is 2.80. The van der Waals surface area contributed by atoms with E-state index < -0.39 is 26.6 Å². The highest BCUT2D eigenvalue weighted by Crippen LogP contribution is 2.39. The Morgan fingerprint density at radius 2 is 1.59 bits per heavy atom. The Hall–Kier alpha value is -1.64. The highest BCUT2D eigenvalue weighted by Gasteiger charge is 2.52. The van der Waals surface area contributed by atoms with Crippen molar-refractivity contribution in [3.8, 4) is 0 Å². The Balaban J connectivity index is 1.96. The summed E-state index contributed by atoms with van der Waals surface area (Å²) in [6.45, 7) is 12.3. The van der Waals surface area contributed by atoms with Crippen molar-refractivity contribution in [2.24, 2.45) is 5.92 Å². The van der Waals surface area contributed by atoms with Crippen molar-refractivity contribution in [1.82, 2.24) is 0 Å². The molecule has 1 aliphatic rings. The molecule has 0 aliphatic carbocycles. The first-order valence-corrected chi connectivity index (χ1v) is 14.9. The van der Waals surface area contributed by atoms with Crippen LogP contribution in [0.4, 0.5) is 0 Å². The number of hydrogen-bond donors (Lipinski definition) is 1. The van der Waals surface area contributed by atoms with E-state index in [1.165, 1.54) is 17.3 Å². The second-order valence-electron chi connectivity index (χ2n) is 9.90. The van der Waals surface area contributed by atoms with Gasteiger partial charge in [0.1, 0.15) is 17.6 Å². The predicted molar refractivity (Wildman–Crippen MR) is 141 cm³/mol. The molecule has 5 atom stereocenters. The zero-order valence-corrected chi connectivity index (χ0v) is 22.9. The maximum atomic E-state index is 11.7. The molecule has 2 unspecified atom stereocenters. The smallest absolute Gasteiger partial charge is 0.303 e. The molecule has 3 rings (SSSR count). The summed E-state index contributed by atoms with van der Waals surface area (Å²) in [5.41, 5.74) is -0.347. The summed E-state index contributed by atoms with van der Waals surface area (Å²) in [4.78, 5) is 11.7. The summed E-state index contributed by atoms with van der Waals surface area (Å²) in [6, 6.07) is 20.9. The summed E-state index contributed by atoms with van der Waals surface area (Å²) in [5, 5.41) is 13.4. The molecule has 0 radical (unpaired) electrons. The standard InChI is InChI=1S/C27H38O5SSi/c1-7-33-26-25(31-20(3)28)19(2)24(29)23(32-26)18-30-34(27(4,5)6,21-14-10-8-11-15-21)22-16-12-9-13-17-22/h8-17,19,23-26,29H,7,18H2,1-6H3/t19-,23?,24+,25?,26-/m0/s1. The highest BCUT2D eigenvalue weighted by molar-refractivity contribution is 7.99. The zero-order valence-electron chi connectivity index (χ0n) is 21.1. The number of rotatable bonds is 8. The lowest BCUT2D eigenvalue weighted by atomic mass is 9.91. The number of benzene rings is 2. The number of aliphatic hydroxyl groups is 1. The van der Waals surface area contributed by atoms with E-state index in [4.69, 9.17) is 13.9 Å². The molecule has 1 saturated heterocycles. The SMILES string of the molecule is CCS[C@@H]1OC(CO[Si](c2ccccc2)(c2ccccc2)C(C)(C)C)[C@H](O)[C@H](C)C1OC(C)=O. The first kappa shape index (κ1) is 27.0. The first-order chi connectivity index (χ1) is 16.1. The lowest BCUT2D eigenvalue weighted by molar-refractivity contribution is -0.196. The van der Waals surface area contributed by atoms with Gasteiger partial charge in [0.05, 0.1) is 12.7 Å². The predicted octanol–water partition coefficient (Wildman–Crippen LogP) is 3.97. The Morgan fingerprint density at radius 1 is 1.06 bits per heavy atom. The van der Waals surface area contributed by atoms with Gasteiger partial charge in [-0.2, -0.15) is 0 Å². The molecule has 5 nitrogen and oxygen atoms in total. The second-order valence-corrected chi connectivity index (χ2v) is 15.6. The van der Waals surface area contributed by atoms with E-state index in [1.54, 1.807) is 11.8 Å². The minimum Gasteiger partial charge on any atom is -0.458 e. The molecule has 7 heteroatoms. The van der Waals surface area contributed by atoms with Gasteiger partial charge in [-0.05, 0) is 21.2 Å². The zero-order chi connectivity index (χ0) is 24.9. The van der Waals surface area contributed by atoms with Crippen LogP contribution in [-0.4, -0.2) is 55.5 Å². The van der Waals surface area contributed by atoms with E-state index >= 15 is 0 Å². The molecule has 0 saturated carbocycles. The van der Waals surface area contributed by atoms with Gasteiger partial charge in [-0.15, -0.1) is 11.8 Å². The number of aliphatic hydroxyl groups excluding tert-OH is 1. The highest BCUT2D eigenvalue weighted by atomic mass is 32.2. The van der Waals surface area contributed by atoms with Crippen LogP contribution in [0.3, 0.4) is 0 Å². The van der Waals surface area contributed by atoms with E-state index in [-0.39, 0.29) is 29.0 Å². The van der Waals surface area contributed by atoms with Gasteiger partial charge in [0.25, 0.3) is 8.32 Å². The van der Waals surface area contributed by atoms with E-state index in [1.807, 2.05) is 26.0 Å². The molecule has 186 valence electrons. The minimum absolute atomic E-state index is 0.168. The average molecular weight is 503 g/mol. The molecule has 34 heavy (non-hydrogen) atoms. The Bertz CT molecular complexity index is 878. The minimum atomic E-state index is -2.75. The molecule has 0 amide bonds. The fourth-order valence-corrected chi connectivity index (χ4v) is 10.5. The molecular formula is C27H38O5SSi. The number of thioether (sulfide) groups is 1. The van der Waals surface area contributed by atoms with Gasteiger partial charge in [-0.25, -0.2) is 0 Å². The summed E-state index contributed by atoms with van der Waals surface area (Å²) < 4.78 is 18.9. The third-order valence-corrected chi connectivity index (χ3v) is 12.6. The summed E-state index contributed by atoms with van der Waals surface area (Å²) >= 11 is 1.59. The number of esters is 1. The molecule has 0 aromatic heterocycles. The van der Waals surface area contributed by atoms with Gasteiger partial charge in [-0.3, -0.25) is 4.79 Å². The lowest BCUT2D eigenvalue weighted by Gasteiger charge is -2.46. The maximum Gasteiger partial charge on any atom is 0.303 e. The van der Waals surface area contributed by atoms with Crippen molar-refractivity contribution in [1.29, 1.82) is 0 Å². The fraction of sp³-hybridized carbons (Fsp3) is 0.519. The topological polar surface area (TPSA) is 65.0 Å². The molecule has 1 aliphatic heterocycles. The molecule has 0 spiro atoms. The number of carbonyl (C=O) groups is 1. The molecule has 1 N–H and O–H groups in total. The Labute approximate surface area is 209 Å². The van der Waals surface area contributed by atoms with Gasteiger partial charge in [0.15, 0.2) is 0 Å². The molecule has 2 aromatic rings. The van der Waals surface area contributed by atoms with Crippen LogP contribution in [0.1, 0.15) is 41.5 Å². The second kappa shape index (κ2) is 11.4. The van der Waals surface area contributed by atoms with Gasteiger partial charge in [0, 0.05) is 12.8 Å². The Kier molecular flexibility index (Phi) is 9.03. The Morgan fingerprint density at radius 3 is 2.03 bits per heavy atom. The van der Waals surface area contributed by atoms with Crippen LogP contribution in [0.15, 0.2) is 60.7 Å². The van der Waals surface area contributed by atoms with Crippen LogP contribution in [0.2, 0.25) is 5.04 Å². The molecule has 0 bridgehead atoms. The van der Waals surface area contributed by atoms with E-state index in [2.05, 4.69) is 69.3 Å². The summed E-state index contributed by atoms with van der Waals surface area (Å²) in [6.07, 6.45) is -1.83. The first-order valence-electron chi connectivity index (χ1n) is 12.0. The van der Waals surface area contributed by atoms with Crippen LogP contribution in [0.25, 0.3) is 0 Å². The van der Waals surface area contributed by atoms with Crippen molar-refractivity contribution in [3.05, 3.63) is 60.7 Å². The number of hydrogen-bond acceptors (Lipinski definition) is 6. The van der Waals surface area contributed by atoms with Crippen molar-refractivity contribution in [2.45, 2.75) is 70.3 Å². The van der Waals surface area contributed by atoms with Crippen LogP contribution < -0.4 is 10.4 Å². The van der Waals surface area contributed by atoms with Crippen molar-refractivity contribution in [2.75, 3.05) is 12.4 Å². The molecular weight excluding hydrogens is 464 g/mol. The van der Waals surface area contributed by atoms with Gasteiger partial charge >= 0.3 is 5.97 Å². The normalized spacial score (nSPS) is 25.7.